The van der Waals surface area contributed by atoms with E-state index in [0.29, 0.717) is 11.9 Å². The Kier molecular flexibility index (Phi) is 4.58. The fraction of sp³-hybridized carbons (Fsp3) is 0.600. The molecular formula is C15H21ClO3. The molecule has 1 aliphatic rings. The van der Waals surface area contributed by atoms with Gasteiger partial charge < -0.3 is 14.2 Å². The number of rotatable bonds is 4. The van der Waals surface area contributed by atoms with Crippen LogP contribution in [-0.4, -0.2) is 26.4 Å². The van der Waals surface area contributed by atoms with Crippen LogP contribution < -0.4 is 9.47 Å². The largest absolute Gasteiger partial charge is 0.493 e. The second-order valence-corrected chi connectivity index (χ2v) is 5.50. The molecule has 1 aromatic carbocycles. The first kappa shape index (κ1) is 14.5. The van der Waals surface area contributed by atoms with Gasteiger partial charge >= 0.3 is 0 Å². The quantitative estimate of drug-likeness (QED) is 0.786. The van der Waals surface area contributed by atoms with E-state index >= 15 is 0 Å². The number of alkyl halides is 1. The van der Waals surface area contributed by atoms with E-state index in [1.807, 2.05) is 19.1 Å². The molecule has 1 heterocycles. The summed E-state index contributed by atoms with van der Waals surface area (Å²) in [5, 5.41) is -0.148. The van der Waals surface area contributed by atoms with Gasteiger partial charge in [0.1, 0.15) is 0 Å². The molecule has 3 nitrogen and oxygen atoms in total. The summed E-state index contributed by atoms with van der Waals surface area (Å²) in [5.41, 5.74) is 2.15. The third kappa shape index (κ3) is 2.98. The fourth-order valence-corrected chi connectivity index (χ4v) is 2.96. The molecule has 4 heteroatoms. The Hall–Kier alpha value is -0.930. The lowest BCUT2D eigenvalue weighted by Gasteiger charge is -2.21. The van der Waals surface area contributed by atoms with Crippen molar-refractivity contribution < 1.29 is 14.2 Å². The smallest absolute Gasteiger partial charge is 0.161 e. The predicted octanol–water partition coefficient (Wildman–Crippen LogP) is 3.86. The molecule has 1 fully saturated rings. The zero-order valence-electron chi connectivity index (χ0n) is 11.9. The van der Waals surface area contributed by atoms with Crippen molar-refractivity contribution in [1.29, 1.82) is 0 Å². The minimum absolute atomic E-state index is 0.0773. The molecule has 0 amide bonds. The van der Waals surface area contributed by atoms with Gasteiger partial charge in [-0.3, -0.25) is 0 Å². The minimum atomic E-state index is -0.148. The maximum absolute atomic E-state index is 6.59. The monoisotopic (exact) mass is 284 g/mol. The van der Waals surface area contributed by atoms with Gasteiger partial charge in [0.15, 0.2) is 11.5 Å². The highest BCUT2D eigenvalue weighted by Crippen LogP contribution is 2.40. The summed E-state index contributed by atoms with van der Waals surface area (Å²) in [6, 6.07) is 3.92. The van der Waals surface area contributed by atoms with E-state index in [4.69, 9.17) is 25.8 Å². The van der Waals surface area contributed by atoms with Gasteiger partial charge in [-0.1, -0.05) is 0 Å². The molecule has 0 radical (unpaired) electrons. The Morgan fingerprint density at radius 3 is 2.37 bits per heavy atom. The van der Waals surface area contributed by atoms with E-state index in [1.54, 1.807) is 14.2 Å². The van der Waals surface area contributed by atoms with E-state index in [1.165, 1.54) is 0 Å². The van der Waals surface area contributed by atoms with Crippen LogP contribution in [0.15, 0.2) is 12.1 Å². The van der Waals surface area contributed by atoms with Crippen LogP contribution in [0.5, 0.6) is 11.5 Å². The average molecular weight is 285 g/mol. The average Bonchev–Trinajstić information content (AvgIpc) is 2.84. The molecule has 1 aromatic rings. The second-order valence-electron chi connectivity index (χ2n) is 5.03. The number of aryl methyl sites for hydroxylation is 1. The molecular weight excluding hydrogens is 264 g/mol. The molecule has 0 bridgehead atoms. The Bertz CT molecular complexity index is 447. The summed E-state index contributed by atoms with van der Waals surface area (Å²) in [4.78, 5) is 0. The van der Waals surface area contributed by atoms with Crippen molar-refractivity contribution in [3.63, 3.8) is 0 Å². The molecule has 3 unspecified atom stereocenters. The molecule has 106 valence electrons. The lowest BCUT2D eigenvalue weighted by molar-refractivity contribution is 0.0532. The van der Waals surface area contributed by atoms with Crippen molar-refractivity contribution in [3.8, 4) is 11.5 Å². The van der Waals surface area contributed by atoms with Crippen LogP contribution in [0, 0.1) is 6.92 Å². The lowest BCUT2D eigenvalue weighted by atomic mass is 9.99. The van der Waals surface area contributed by atoms with Crippen molar-refractivity contribution in [2.24, 2.45) is 0 Å². The van der Waals surface area contributed by atoms with Crippen LogP contribution >= 0.6 is 11.6 Å². The van der Waals surface area contributed by atoms with Gasteiger partial charge in [-0.2, -0.15) is 0 Å². The van der Waals surface area contributed by atoms with Crippen molar-refractivity contribution in [2.75, 3.05) is 14.2 Å². The van der Waals surface area contributed by atoms with Crippen molar-refractivity contribution in [1.82, 2.24) is 0 Å². The topological polar surface area (TPSA) is 27.7 Å². The van der Waals surface area contributed by atoms with Crippen LogP contribution in [0.2, 0.25) is 0 Å². The molecule has 0 spiro atoms. The Morgan fingerprint density at radius 2 is 1.84 bits per heavy atom. The predicted molar refractivity (Wildman–Crippen MR) is 76.4 cm³/mol. The zero-order chi connectivity index (χ0) is 14.0. The van der Waals surface area contributed by atoms with Gasteiger partial charge in [-0.05, 0) is 49.9 Å². The standard InChI is InChI=1S/C15H21ClO3/c1-9-7-13(17-3)14(18-4)8-11(9)15(16)12-6-5-10(2)19-12/h7-8,10,12,15H,5-6H2,1-4H3. The van der Waals surface area contributed by atoms with Crippen LogP contribution in [0.4, 0.5) is 0 Å². The van der Waals surface area contributed by atoms with Gasteiger partial charge in [-0.25, -0.2) is 0 Å². The molecule has 0 N–H and O–H groups in total. The third-order valence-electron chi connectivity index (χ3n) is 3.66. The number of methoxy groups -OCH3 is 2. The number of benzene rings is 1. The van der Waals surface area contributed by atoms with Gasteiger partial charge in [-0.15, -0.1) is 11.6 Å². The van der Waals surface area contributed by atoms with Crippen molar-refractivity contribution in [2.45, 2.75) is 44.3 Å². The summed E-state index contributed by atoms with van der Waals surface area (Å²) >= 11 is 6.59. The molecule has 0 aromatic heterocycles. The van der Waals surface area contributed by atoms with E-state index in [0.717, 1.165) is 29.7 Å². The number of hydrogen-bond acceptors (Lipinski definition) is 3. The summed E-state index contributed by atoms with van der Waals surface area (Å²) in [5.74, 6) is 1.44. The molecule has 1 aliphatic heterocycles. The maximum atomic E-state index is 6.59. The Morgan fingerprint density at radius 1 is 1.21 bits per heavy atom. The van der Waals surface area contributed by atoms with E-state index in [2.05, 4.69) is 6.92 Å². The van der Waals surface area contributed by atoms with Crippen LogP contribution in [0.3, 0.4) is 0 Å². The molecule has 0 aliphatic carbocycles. The Balaban J connectivity index is 2.28. The highest BCUT2D eigenvalue weighted by Gasteiger charge is 2.30. The third-order valence-corrected chi connectivity index (χ3v) is 4.18. The highest BCUT2D eigenvalue weighted by atomic mass is 35.5. The first-order chi connectivity index (χ1) is 9.06. The molecule has 2 rings (SSSR count). The van der Waals surface area contributed by atoms with Gasteiger partial charge in [0.05, 0.1) is 31.8 Å². The van der Waals surface area contributed by atoms with E-state index in [-0.39, 0.29) is 11.5 Å². The number of hydrogen-bond donors (Lipinski definition) is 0. The normalized spacial score (nSPS) is 24.3. The Labute approximate surface area is 119 Å². The molecule has 19 heavy (non-hydrogen) atoms. The molecule has 0 saturated carbocycles. The first-order valence-corrected chi connectivity index (χ1v) is 7.02. The maximum Gasteiger partial charge on any atom is 0.161 e. The molecule has 3 atom stereocenters. The van der Waals surface area contributed by atoms with Crippen molar-refractivity contribution >= 4 is 11.6 Å². The van der Waals surface area contributed by atoms with Crippen LogP contribution in [0.1, 0.15) is 36.3 Å². The lowest BCUT2D eigenvalue weighted by Crippen LogP contribution is -2.15. The van der Waals surface area contributed by atoms with Gasteiger partial charge in [0.2, 0.25) is 0 Å². The summed E-state index contributed by atoms with van der Waals surface area (Å²) in [6.45, 7) is 4.12. The highest BCUT2D eigenvalue weighted by molar-refractivity contribution is 6.21. The van der Waals surface area contributed by atoms with Gasteiger partial charge in [0, 0.05) is 0 Å². The van der Waals surface area contributed by atoms with Crippen LogP contribution in [-0.2, 0) is 4.74 Å². The second kappa shape index (κ2) is 6.02. The number of ether oxygens (including phenoxy) is 3. The number of halogens is 1. The minimum Gasteiger partial charge on any atom is -0.493 e. The van der Waals surface area contributed by atoms with E-state index < -0.39 is 0 Å². The summed E-state index contributed by atoms with van der Waals surface area (Å²) < 4.78 is 16.5. The SMILES string of the molecule is COc1cc(C)c(C(Cl)C2CCC(C)O2)cc1OC. The summed E-state index contributed by atoms with van der Waals surface area (Å²) in [6.07, 6.45) is 2.45. The van der Waals surface area contributed by atoms with Crippen molar-refractivity contribution in [3.05, 3.63) is 23.3 Å². The van der Waals surface area contributed by atoms with Gasteiger partial charge in [0.25, 0.3) is 0 Å². The first-order valence-electron chi connectivity index (χ1n) is 6.58. The zero-order valence-corrected chi connectivity index (χ0v) is 12.7. The summed E-state index contributed by atoms with van der Waals surface area (Å²) in [7, 11) is 3.27. The fourth-order valence-electron chi connectivity index (χ4n) is 2.54. The van der Waals surface area contributed by atoms with Crippen LogP contribution in [0.25, 0.3) is 0 Å². The van der Waals surface area contributed by atoms with E-state index in [9.17, 15) is 0 Å². The molecule has 1 saturated heterocycles.